The van der Waals surface area contributed by atoms with Crippen LogP contribution in [0, 0.1) is 13.8 Å². The van der Waals surface area contributed by atoms with Gasteiger partial charge in [-0.3, -0.25) is 9.10 Å². The lowest BCUT2D eigenvalue weighted by atomic mass is 10.1. The number of ether oxygens (including phenoxy) is 1. The summed E-state index contributed by atoms with van der Waals surface area (Å²) in [4.78, 5) is 13.0. The van der Waals surface area contributed by atoms with Crippen molar-refractivity contribution in [1.29, 1.82) is 0 Å². The smallest absolute Gasteiger partial charge is 0.264 e. The second kappa shape index (κ2) is 13.1. The van der Waals surface area contributed by atoms with Gasteiger partial charge in [-0.25, -0.2) is 13.8 Å². The molecule has 9 heteroatoms. The normalized spacial score (nSPS) is 11.5. The molecule has 0 unspecified atom stereocenters. The molecule has 5 rings (SSSR count). The van der Waals surface area contributed by atoms with E-state index in [1.165, 1.54) is 29.8 Å². The highest BCUT2D eigenvalue weighted by Crippen LogP contribution is 2.29. The summed E-state index contributed by atoms with van der Waals surface area (Å²) in [7, 11) is -4.08. The third-order valence-electron chi connectivity index (χ3n) is 6.84. The molecule has 0 fully saturated rings. The number of amides is 1. The zero-order valence-corrected chi connectivity index (χ0v) is 25.3. The van der Waals surface area contributed by atoms with Gasteiger partial charge in [-0.2, -0.15) is 5.10 Å². The van der Waals surface area contributed by atoms with E-state index in [2.05, 4.69) is 34.8 Å². The maximum atomic E-state index is 13.6. The van der Waals surface area contributed by atoms with E-state index in [0.29, 0.717) is 28.6 Å². The molecule has 5 aromatic rings. The maximum Gasteiger partial charge on any atom is 0.264 e. The molecule has 0 saturated carbocycles. The molecule has 5 aromatic carbocycles. The Kier molecular flexibility index (Phi) is 9.09. The molecule has 0 spiro atoms. The van der Waals surface area contributed by atoms with Crippen LogP contribution in [0.15, 0.2) is 119 Å². The van der Waals surface area contributed by atoms with Crippen LogP contribution in [-0.2, 0) is 21.4 Å². The summed E-state index contributed by atoms with van der Waals surface area (Å²) >= 11 is 6.19. The Morgan fingerprint density at radius 1 is 0.884 bits per heavy atom. The number of rotatable bonds is 10. The summed E-state index contributed by atoms with van der Waals surface area (Å²) in [5, 5.41) is 6.73. The first-order valence-corrected chi connectivity index (χ1v) is 15.4. The highest BCUT2D eigenvalue weighted by molar-refractivity contribution is 7.92. The number of hydrogen-bond acceptors (Lipinski definition) is 5. The predicted octanol–water partition coefficient (Wildman–Crippen LogP) is 7.03. The molecule has 0 aliphatic rings. The van der Waals surface area contributed by atoms with Crippen molar-refractivity contribution in [2.75, 3.05) is 10.8 Å². The Morgan fingerprint density at radius 3 is 2.35 bits per heavy atom. The van der Waals surface area contributed by atoms with Crippen LogP contribution >= 0.6 is 11.6 Å². The highest BCUT2D eigenvalue weighted by atomic mass is 35.5. The van der Waals surface area contributed by atoms with Crippen LogP contribution in [0.5, 0.6) is 5.75 Å². The fraction of sp³-hybridized carbons (Fsp3) is 0.118. The number of halogens is 1. The highest BCUT2D eigenvalue weighted by Gasteiger charge is 2.28. The summed E-state index contributed by atoms with van der Waals surface area (Å²) in [6, 6.07) is 33.0. The van der Waals surface area contributed by atoms with Gasteiger partial charge in [0.2, 0.25) is 0 Å². The molecular weight excluding hydrogens is 582 g/mol. The van der Waals surface area contributed by atoms with Gasteiger partial charge in [0, 0.05) is 5.02 Å². The van der Waals surface area contributed by atoms with Crippen molar-refractivity contribution in [1.82, 2.24) is 5.43 Å². The largest absolute Gasteiger partial charge is 0.489 e. The Balaban J connectivity index is 1.23. The van der Waals surface area contributed by atoms with Gasteiger partial charge in [0.25, 0.3) is 15.9 Å². The minimum atomic E-state index is -4.08. The third-order valence-corrected chi connectivity index (χ3v) is 8.85. The van der Waals surface area contributed by atoms with E-state index in [-0.39, 0.29) is 4.90 Å². The first-order valence-electron chi connectivity index (χ1n) is 13.6. The van der Waals surface area contributed by atoms with Crippen LogP contribution in [0.2, 0.25) is 5.02 Å². The number of anilines is 1. The summed E-state index contributed by atoms with van der Waals surface area (Å²) in [5.74, 6) is 0.0878. The molecule has 0 radical (unpaired) electrons. The number of nitrogens with one attached hydrogen (secondary N) is 1. The van der Waals surface area contributed by atoms with Gasteiger partial charge >= 0.3 is 0 Å². The molecule has 43 heavy (non-hydrogen) atoms. The minimum absolute atomic E-state index is 0.0664. The summed E-state index contributed by atoms with van der Waals surface area (Å²) in [6.45, 7) is 3.57. The van der Waals surface area contributed by atoms with Crippen LogP contribution in [0.4, 0.5) is 5.69 Å². The van der Waals surface area contributed by atoms with Crippen molar-refractivity contribution in [3.8, 4) is 5.75 Å². The second-order valence-electron chi connectivity index (χ2n) is 10.1. The summed E-state index contributed by atoms with van der Waals surface area (Å²) in [6.07, 6.45) is 1.48. The lowest BCUT2D eigenvalue weighted by Gasteiger charge is -2.25. The van der Waals surface area contributed by atoms with Crippen molar-refractivity contribution < 1.29 is 17.9 Å². The molecule has 218 valence electrons. The maximum absolute atomic E-state index is 13.6. The van der Waals surface area contributed by atoms with E-state index < -0.39 is 22.5 Å². The van der Waals surface area contributed by atoms with E-state index >= 15 is 0 Å². The quantitative estimate of drug-likeness (QED) is 0.136. The molecule has 1 N–H and O–H groups in total. The molecule has 0 saturated heterocycles. The lowest BCUT2D eigenvalue weighted by Crippen LogP contribution is -2.40. The monoisotopic (exact) mass is 611 g/mol. The average molecular weight is 612 g/mol. The average Bonchev–Trinajstić information content (AvgIpc) is 3.01. The third kappa shape index (κ3) is 7.41. The number of hydrazone groups is 1. The zero-order valence-electron chi connectivity index (χ0n) is 23.7. The van der Waals surface area contributed by atoms with Crippen LogP contribution in [0.3, 0.4) is 0 Å². The second-order valence-corrected chi connectivity index (χ2v) is 12.4. The van der Waals surface area contributed by atoms with E-state index in [9.17, 15) is 13.2 Å². The minimum Gasteiger partial charge on any atom is -0.489 e. The molecular formula is C34H30ClN3O4S. The number of carbonyl (C=O) groups is 1. The number of hydrogen-bond donors (Lipinski definition) is 1. The topological polar surface area (TPSA) is 88.1 Å². The van der Waals surface area contributed by atoms with Crippen LogP contribution in [-0.4, -0.2) is 27.1 Å². The fourth-order valence-electron chi connectivity index (χ4n) is 4.48. The first-order chi connectivity index (χ1) is 20.7. The van der Waals surface area contributed by atoms with Gasteiger partial charge in [0.05, 0.1) is 16.8 Å². The Bertz CT molecular complexity index is 1890. The van der Waals surface area contributed by atoms with Gasteiger partial charge in [-0.15, -0.1) is 0 Å². The Hall–Kier alpha value is -4.66. The van der Waals surface area contributed by atoms with Gasteiger partial charge in [-0.1, -0.05) is 71.8 Å². The van der Waals surface area contributed by atoms with E-state index in [4.69, 9.17) is 16.3 Å². The van der Waals surface area contributed by atoms with Gasteiger partial charge in [0.1, 0.15) is 18.9 Å². The standard InChI is InChI=1S/C34H30ClN3O4S/c1-24-7-17-32(18-8-24)43(40,41)38(33-20-30(35)14-9-25(33)2)22-34(39)37-36-21-26-11-15-31(16-12-26)42-23-27-10-13-28-5-3-4-6-29(28)19-27/h3-21H,22-23H2,1-2H3,(H,37,39)/b36-21-. The predicted molar refractivity (Wildman–Crippen MR) is 172 cm³/mol. The van der Waals surface area contributed by atoms with Gasteiger partial charge in [0.15, 0.2) is 0 Å². The lowest BCUT2D eigenvalue weighted by molar-refractivity contribution is -0.119. The van der Waals surface area contributed by atoms with E-state index in [1.807, 2.05) is 49.4 Å². The van der Waals surface area contributed by atoms with Crippen LogP contribution in [0.1, 0.15) is 22.3 Å². The molecule has 1 amide bonds. The van der Waals surface area contributed by atoms with Crippen molar-refractivity contribution in [2.45, 2.75) is 25.3 Å². The molecule has 0 heterocycles. The number of carbonyl (C=O) groups excluding carboxylic acids is 1. The fourth-order valence-corrected chi connectivity index (χ4v) is 6.12. The molecule has 0 bridgehead atoms. The number of fused-ring (bicyclic) bond motifs is 1. The number of nitrogens with zero attached hydrogens (tertiary/aromatic N) is 2. The molecule has 0 aliphatic heterocycles. The Morgan fingerprint density at radius 2 is 1.60 bits per heavy atom. The van der Waals surface area contributed by atoms with Crippen molar-refractivity contribution in [3.05, 3.63) is 136 Å². The van der Waals surface area contributed by atoms with Crippen LogP contribution < -0.4 is 14.5 Å². The number of benzene rings is 5. The van der Waals surface area contributed by atoms with E-state index in [1.54, 1.807) is 31.2 Å². The molecule has 0 aliphatic carbocycles. The zero-order chi connectivity index (χ0) is 30.4. The van der Waals surface area contributed by atoms with Crippen molar-refractivity contribution in [3.63, 3.8) is 0 Å². The van der Waals surface area contributed by atoms with Gasteiger partial charge < -0.3 is 4.74 Å². The van der Waals surface area contributed by atoms with Crippen molar-refractivity contribution in [2.24, 2.45) is 5.10 Å². The number of aryl methyl sites for hydroxylation is 2. The van der Waals surface area contributed by atoms with Gasteiger partial charge in [-0.05, 0) is 95.9 Å². The molecule has 0 atom stereocenters. The molecule has 7 nitrogen and oxygen atoms in total. The van der Waals surface area contributed by atoms with E-state index in [0.717, 1.165) is 26.4 Å². The van der Waals surface area contributed by atoms with Crippen LogP contribution in [0.25, 0.3) is 10.8 Å². The summed E-state index contributed by atoms with van der Waals surface area (Å²) in [5.41, 5.74) is 6.11. The SMILES string of the molecule is Cc1ccc(S(=O)(=O)N(CC(=O)N/N=C\c2ccc(OCc3ccc4ccccc4c3)cc2)c2cc(Cl)ccc2C)cc1. The number of sulfonamides is 1. The molecule has 0 aromatic heterocycles. The van der Waals surface area contributed by atoms with Crippen molar-refractivity contribution >= 4 is 50.2 Å². The first kappa shape index (κ1) is 29.8. The summed E-state index contributed by atoms with van der Waals surface area (Å²) < 4.78 is 34.2. The Labute approximate surface area is 256 Å².